The van der Waals surface area contributed by atoms with Gasteiger partial charge in [0.2, 0.25) is 5.91 Å². The number of nitrogens with one attached hydrogen (secondary N) is 1. The first-order valence-corrected chi connectivity index (χ1v) is 8.24. The Morgan fingerprint density at radius 3 is 2.65 bits per heavy atom. The molecular weight excluding hydrogens is 292 g/mol. The molecule has 1 aliphatic heterocycles. The van der Waals surface area contributed by atoms with Crippen LogP contribution in [0.5, 0.6) is 0 Å². The summed E-state index contributed by atoms with van der Waals surface area (Å²) < 4.78 is 10.4. The Morgan fingerprint density at radius 1 is 1.35 bits per heavy atom. The average molecular weight is 320 g/mol. The van der Waals surface area contributed by atoms with Crippen LogP contribution in [0, 0.1) is 0 Å². The molecule has 1 N–H and O–H groups in total. The predicted octanol–water partition coefficient (Wildman–Crippen LogP) is 2.80. The van der Waals surface area contributed by atoms with E-state index in [-0.39, 0.29) is 17.9 Å². The van der Waals surface area contributed by atoms with Crippen molar-refractivity contribution in [1.82, 2.24) is 0 Å². The highest BCUT2D eigenvalue weighted by atomic mass is 16.5. The van der Waals surface area contributed by atoms with Crippen LogP contribution >= 0.6 is 0 Å². The van der Waals surface area contributed by atoms with E-state index in [0.29, 0.717) is 13.2 Å². The Kier molecular flexibility index (Phi) is 6.02. The van der Waals surface area contributed by atoms with Crippen molar-refractivity contribution in [3.63, 3.8) is 0 Å². The Balaban J connectivity index is 2.34. The van der Waals surface area contributed by atoms with Crippen LogP contribution in [-0.2, 0) is 19.7 Å². The summed E-state index contributed by atoms with van der Waals surface area (Å²) in [7, 11) is 1.53. The van der Waals surface area contributed by atoms with Crippen LogP contribution in [0.2, 0.25) is 0 Å². The number of amides is 1. The summed E-state index contributed by atoms with van der Waals surface area (Å²) in [5, 5.41) is 3.00. The number of morpholine rings is 1. The molecule has 1 aromatic carbocycles. The summed E-state index contributed by atoms with van der Waals surface area (Å²) >= 11 is 0. The fourth-order valence-corrected chi connectivity index (χ4v) is 2.66. The number of carbonyl (C=O) groups is 1. The molecule has 1 saturated heterocycles. The van der Waals surface area contributed by atoms with Crippen molar-refractivity contribution >= 4 is 17.3 Å². The number of carbonyl (C=O) groups excluding carboxylic acids is 1. The minimum Gasteiger partial charge on any atom is -0.378 e. The van der Waals surface area contributed by atoms with Gasteiger partial charge in [0, 0.05) is 20.2 Å². The highest BCUT2D eigenvalue weighted by Crippen LogP contribution is 2.34. The first kappa shape index (κ1) is 17.8. The van der Waals surface area contributed by atoms with Crippen molar-refractivity contribution < 1.29 is 14.3 Å². The zero-order valence-electron chi connectivity index (χ0n) is 14.6. The third-order valence-electron chi connectivity index (χ3n) is 4.56. The third-order valence-corrected chi connectivity index (χ3v) is 4.56. The van der Waals surface area contributed by atoms with Crippen LogP contribution in [0.15, 0.2) is 18.2 Å². The molecule has 0 unspecified atom stereocenters. The Hall–Kier alpha value is -1.59. The molecule has 0 saturated carbocycles. The lowest BCUT2D eigenvalue weighted by atomic mass is 9.82. The van der Waals surface area contributed by atoms with Crippen molar-refractivity contribution in [2.24, 2.45) is 0 Å². The molecule has 0 aliphatic carbocycles. The van der Waals surface area contributed by atoms with Gasteiger partial charge in [-0.05, 0) is 29.5 Å². The SMILES string of the molecule is CCC(C)(C)c1ccc(N2CCOCC2)c(NC(=O)COC)c1. The molecule has 1 amide bonds. The lowest BCUT2D eigenvalue weighted by Gasteiger charge is -2.32. The number of ether oxygens (including phenoxy) is 2. The number of nitrogens with zero attached hydrogens (tertiary/aromatic N) is 1. The van der Waals surface area contributed by atoms with Gasteiger partial charge in [0.25, 0.3) is 0 Å². The Labute approximate surface area is 139 Å². The quantitative estimate of drug-likeness (QED) is 0.876. The molecule has 0 spiro atoms. The summed E-state index contributed by atoms with van der Waals surface area (Å²) in [6.45, 7) is 9.78. The summed E-state index contributed by atoms with van der Waals surface area (Å²) in [6.07, 6.45) is 1.04. The van der Waals surface area contributed by atoms with E-state index in [2.05, 4.69) is 49.2 Å². The summed E-state index contributed by atoms with van der Waals surface area (Å²) in [6, 6.07) is 6.38. The zero-order chi connectivity index (χ0) is 16.9. The van der Waals surface area contributed by atoms with Gasteiger partial charge >= 0.3 is 0 Å². The normalized spacial score (nSPS) is 15.6. The van der Waals surface area contributed by atoms with E-state index >= 15 is 0 Å². The van der Waals surface area contributed by atoms with E-state index in [1.165, 1.54) is 12.7 Å². The topological polar surface area (TPSA) is 50.8 Å². The highest BCUT2D eigenvalue weighted by Gasteiger charge is 2.22. The molecule has 5 nitrogen and oxygen atoms in total. The molecule has 23 heavy (non-hydrogen) atoms. The minimum atomic E-state index is -0.131. The lowest BCUT2D eigenvalue weighted by Crippen LogP contribution is -2.37. The van der Waals surface area contributed by atoms with Gasteiger partial charge in [0.15, 0.2) is 0 Å². The van der Waals surface area contributed by atoms with E-state index in [0.717, 1.165) is 30.9 Å². The van der Waals surface area contributed by atoms with Crippen LogP contribution < -0.4 is 10.2 Å². The van der Waals surface area contributed by atoms with Crippen molar-refractivity contribution in [2.75, 3.05) is 50.2 Å². The van der Waals surface area contributed by atoms with E-state index < -0.39 is 0 Å². The maximum Gasteiger partial charge on any atom is 0.250 e. The van der Waals surface area contributed by atoms with Gasteiger partial charge in [0.05, 0.1) is 24.6 Å². The predicted molar refractivity (Wildman–Crippen MR) is 93.3 cm³/mol. The molecular formula is C18H28N2O3. The van der Waals surface area contributed by atoms with Gasteiger partial charge < -0.3 is 19.7 Å². The van der Waals surface area contributed by atoms with Crippen molar-refractivity contribution in [2.45, 2.75) is 32.6 Å². The molecule has 0 radical (unpaired) electrons. The number of benzene rings is 1. The van der Waals surface area contributed by atoms with E-state index in [4.69, 9.17) is 9.47 Å². The lowest BCUT2D eigenvalue weighted by molar-refractivity contribution is -0.119. The number of hydrogen-bond acceptors (Lipinski definition) is 4. The standard InChI is InChI=1S/C18H28N2O3/c1-5-18(2,3)14-6-7-16(20-8-10-23-11-9-20)15(12-14)19-17(21)13-22-4/h6-7,12H,5,8-11,13H2,1-4H3,(H,19,21). The summed E-state index contributed by atoms with van der Waals surface area (Å²) in [5.41, 5.74) is 3.20. The van der Waals surface area contributed by atoms with Crippen LogP contribution in [0.3, 0.4) is 0 Å². The fraction of sp³-hybridized carbons (Fsp3) is 0.611. The zero-order valence-corrected chi connectivity index (χ0v) is 14.6. The second-order valence-corrected chi connectivity index (χ2v) is 6.55. The van der Waals surface area contributed by atoms with Gasteiger partial charge in [-0.25, -0.2) is 0 Å². The monoisotopic (exact) mass is 320 g/mol. The van der Waals surface area contributed by atoms with Crippen LogP contribution in [0.25, 0.3) is 0 Å². The largest absolute Gasteiger partial charge is 0.378 e. The van der Waals surface area contributed by atoms with Crippen LogP contribution in [0.1, 0.15) is 32.8 Å². The molecule has 0 bridgehead atoms. The molecule has 1 fully saturated rings. The number of anilines is 2. The fourth-order valence-electron chi connectivity index (χ4n) is 2.66. The Bertz CT molecular complexity index is 537. The van der Waals surface area contributed by atoms with Gasteiger partial charge in [-0.3, -0.25) is 4.79 Å². The van der Waals surface area contributed by atoms with Gasteiger partial charge in [-0.15, -0.1) is 0 Å². The first-order chi connectivity index (χ1) is 11.0. The maximum atomic E-state index is 12.0. The average Bonchev–Trinajstić information content (AvgIpc) is 2.55. The number of hydrogen-bond donors (Lipinski definition) is 1. The summed E-state index contributed by atoms with van der Waals surface area (Å²) in [5.74, 6) is -0.131. The molecule has 0 aromatic heterocycles. The Morgan fingerprint density at radius 2 is 2.04 bits per heavy atom. The van der Waals surface area contributed by atoms with E-state index in [1.807, 2.05) is 0 Å². The van der Waals surface area contributed by atoms with Gasteiger partial charge in [-0.2, -0.15) is 0 Å². The number of methoxy groups -OCH3 is 1. The van der Waals surface area contributed by atoms with Crippen LogP contribution in [0.4, 0.5) is 11.4 Å². The second-order valence-electron chi connectivity index (χ2n) is 6.55. The minimum absolute atomic E-state index is 0.0595. The smallest absolute Gasteiger partial charge is 0.250 e. The van der Waals surface area contributed by atoms with E-state index in [1.54, 1.807) is 0 Å². The van der Waals surface area contributed by atoms with Crippen LogP contribution in [-0.4, -0.2) is 45.9 Å². The molecule has 1 heterocycles. The van der Waals surface area contributed by atoms with E-state index in [9.17, 15) is 4.79 Å². The van der Waals surface area contributed by atoms with Crippen molar-refractivity contribution in [3.8, 4) is 0 Å². The maximum absolute atomic E-state index is 12.0. The molecule has 0 atom stereocenters. The second kappa shape index (κ2) is 7.79. The first-order valence-electron chi connectivity index (χ1n) is 8.24. The highest BCUT2D eigenvalue weighted by molar-refractivity contribution is 5.95. The van der Waals surface area contributed by atoms with Gasteiger partial charge in [-0.1, -0.05) is 26.8 Å². The van der Waals surface area contributed by atoms with Gasteiger partial charge in [0.1, 0.15) is 6.61 Å². The molecule has 1 aromatic rings. The van der Waals surface area contributed by atoms with Crippen molar-refractivity contribution in [1.29, 1.82) is 0 Å². The molecule has 1 aliphatic rings. The van der Waals surface area contributed by atoms with Crippen molar-refractivity contribution in [3.05, 3.63) is 23.8 Å². The number of rotatable bonds is 6. The molecule has 5 heteroatoms. The third kappa shape index (κ3) is 4.45. The molecule has 2 rings (SSSR count). The summed E-state index contributed by atoms with van der Waals surface area (Å²) in [4.78, 5) is 14.3. The molecule has 128 valence electrons.